The van der Waals surface area contributed by atoms with Gasteiger partial charge in [-0.15, -0.1) is 0 Å². The van der Waals surface area contributed by atoms with Crippen molar-refractivity contribution >= 4 is 5.78 Å². The van der Waals surface area contributed by atoms with Crippen molar-refractivity contribution in [1.82, 2.24) is 4.90 Å². The third-order valence-electron chi connectivity index (χ3n) is 4.59. The number of ketones is 1. The monoisotopic (exact) mass is 209 g/mol. The highest BCUT2D eigenvalue weighted by Crippen LogP contribution is 2.35. The summed E-state index contributed by atoms with van der Waals surface area (Å²) in [5.74, 6) is 2.40. The Morgan fingerprint density at radius 1 is 1.20 bits per heavy atom. The summed E-state index contributed by atoms with van der Waals surface area (Å²) >= 11 is 0. The van der Waals surface area contributed by atoms with Gasteiger partial charge in [-0.25, -0.2) is 0 Å². The fourth-order valence-corrected chi connectivity index (χ4v) is 3.20. The molecular weight excluding hydrogens is 186 g/mol. The Morgan fingerprint density at radius 2 is 1.93 bits per heavy atom. The van der Waals surface area contributed by atoms with Crippen LogP contribution in [-0.4, -0.2) is 29.8 Å². The summed E-state index contributed by atoms with van der Waals surface area (Å²) in [5, 5.41) is 0. The van der Waals surface area contributed by atoms with E-state index in [4.69, 9.17) is 0 Å². The highest BCUT2D eigenvalue weighted by molar-refractivity contribution is 5.81. The second-order valence-electron chi connectivity index (χ2n) is 5.59. The lowest BCUT2D eigenvalue weighted by Crippen LogP contribution is -2.46. The van der Waals surface area contributed by atoms with Crippen LogP contribution in [0.25, 0.3) is 0 Å². The molecule has 1 saturated carbocycles. The van der Waals surface area contributed by atoms with Crippen LogP contribution in [0.1, 0.15) is 40.0 Å². The van der Waals surface area contributed by atoms with E-state index in [1.165, 1.54) is 12.8 Å². The van der Waals surface area contributed by atoms with E-state index in [0.29, 0.717) is 5.78 Å². The standard InChI is InChI=1S/C13H23NO/c1-9-4-5-12(11(9)3)14-7-6-13(15)10(2)8-14/h9-12H,4-8H2,1-3H3. The lowest BCUT2D eigenvalue weighted by Gasteiger charge is -2.37. The van der Waals surface area contributed by atoms with Gasteiger partial charge in [-0.05, 0) is 24.7 Å². The summed E-state index contributed by atoms with van der Waals surface area (Å²) < 4.78 is 0. The predicted molar refractivity (Wildman–Crippen MR) is 61.7 cm³/mol. The molecule has 0 aromatic carbocycles. The van der Waals surface area contributed by atoms with Crippen molar-refractivity contribution in [1.29, 1.82) is 0 Å². The van der Waals surface area contributed by atoms with Gasteiger partial charge in [0.1, 0.15) is 5.78 Å². The first-order chi connectivity index (χ1) is 7.09. The molecule has 1 heterocycles. The van der Waals surface area contributed by atoms with Crippen LogP contribution in [0.4, 0.5) is 0 Å². The number of piperidine rings is 1. The molecule has 4 unspecified atom stereocenters. The van der Waals surface area contributed by atoms with Gasteiger partial charge in [0.15, 0.2) is 0 Å². The molecule has 0 bridgehead atoms. The van der Waals surface area contributed by atoms with Crippen LogP contribution in [0.15, 0.2) is 0 Å². The topological polar surface area (TPSA) is 20.3 Å². The molecule has 2 aliphatic rings. The summed E-state index contributed by atoms with van der Waals surface area (Å²) in [6.45, 7) is 8.83. The molecule has 2 nitrogen and oxygen atoms in total. The zero-order valence-corrected chi connectivity index (χ0v) is 10.2. The molecule has 2 rings (SSSR count). The number of hydrogen-bond acceptors (Lipinski definition) is 2. The minimum Gasteiger partial charge on any atom is -0.299 e. The number of carbonyl (C=O) groups excluding carboxylic acids is 1. The van der Waals surface area contributed by atoms with Gasteiger partial charge >= 0.3 is 0 Å². The van der Waals surface area contributed by atoms with Crippen molar-refractivity contribution in [3.63, 3.8) is 0 Å². The molecule has 0 aromatic rings. The first kappa shape index (κ1) is 11.1. The third-order valence-corrected chi connectivity index (χ3v) is 4.59. The summed E-state index contributed by atoms with van der Waals surface area (Å²) in [7, 11) is 0. The molecule has 1 saturated heterocycles. The predicted octanol–water partition coefficient (Wildman–Crippen LogP) is 2.33. The molecule has 0 amide bonds. The van der Waals surface area contributed by atoms with Gasteiger partial charge in [0.05, 0.1) is 0 Å². The summed E-state index contributed by atoms with van der Waals surface area (Å²) in [4.78, 5) is 14.0. The molecule has 2 fully saturated rings. The van der Waals surface area contributed by atoms with Gasteiger partial charge in [-0.3, -0.25) is 9.69 Å². The van der Waals surface area contributed by atoms with E-state index >= 15 is 0 Å². The van der Waals surface area contributed by atoms with Crippen molar-refractivity contribution in [2.75, 3.05) is 13.1 Å². The third kappa shape index (κ3) is 2.10. The van der Waals surface area contributed by atoms with Crippen molar-refractivity contribution in [2.24, 2.45) is 17.8 Å². The summed E-state index contributed by atoms with van der Waals surface area (Å²) in [6, 6.07) is 0.746. The molecular formula is C13H23NO. The van der Waals surface area contributed by atoms with Crippen molar-refractivity contribution in [3.05, 3.63) is 0 Å². The molecule has 86 valence electrons. The van der Waals surface area contributed by atoms with E-state index in [0.717, 1.165) is 37.4 Å². The zero-order valence-electron chi connectivity index (χ0n) is 10.2. The molecule has 0 radical (unpaired) electrons. The van der Waals surface area contributed by atoms with Crippen LogP contribution in [0.5, 0.6) is 0 Å². The van der Waals surface area contributed by atoms with Gasteiger partial charge in [-0.2, -0.15) is 0 Å². The number of likely N-dealkylation sites (tertiary alicyclic amines) is 1. The first-order valence-electron chi connectivity index (χ1n) is 6.36. The molecule has 1 aliphatic heterocycles. The van der Waals surface area contributed by atoms with E-state index in [1.807, 2.05) is 0 Å². The largest absolute Gasteiger partial charge is 0.299 e. The van der Waals surface area contributed by atoms with Gasteiger partial charge in [0.25, 0.3) is 0 Å². The lowest BCUT2D eigenvalue weighted by atomic mass is 9.92. The average molecular weight is 209 g/mol. The SMILES string of the molecule is CC1CN(C2CCC(C)C2C)CCC1=O. The van der Waals surface area contributed by atoms with Crippen molar-refractivity contribution in [3.8, 4) is 0 Å². The molecule has 4 atom stereocenters. The van der Waals surface area contributed by atoms with Crippen LogP contribution in [0.3, 0.4) is 0 Å². The number of rotatable bonds is 1. The van der Waals surface area contributed by atoms with Gasteiger partial charge in [-0.1, -0.05) is 20.8 Å². The second kappa shape index (κ2) is 4.25. The summed E-state index contributed by atoms with van der Waals surface area (Å²) in [6.07, 6.45) is 3.48. The van der Waals surface area contributed by atoms with E-state index in [2.05, 4.69) is 25.7 Å². The Hall–Kier alpha value is -0.370. The summed E-state index contributed by atoms with van der Waals surface area (Å²) in [5.41, 5.74) is 0. The minimum absolute atomic E-state index is 0.266. The number of nitrogens with zero attached hydrogens (tertiary/aromatic N) is 1. The quantitative estimate of drug-likeness (QED) is 0.660. The van der Waals surface area contributed by atoms with E-state index < -0.39 is 0 Å². The fraction of sp³-hybridized carbons (Fsp3) is 0.923. The van der Waals surface area contributed by atoms with E-state index in [-0.39, 0.29) is 5.92 Å². The maximum Gasteiger partial charge on any atom is 0.138 e. The van der Waals surface area contributed by atoms with E-state index in [1.54, 1.807) is 0 Å². The zero-order chi connectivity index (χ0) is 11.0. The normalized spacial score (nSPS) is 43.5. The second-order valence-corrected chi connectivity index (χ2v) is 5.59. The maximum atomic E-state index is 11.5. The Labute approximate surface area is 93.0 Å². The highest BCUT2D eigenvalue weighted by atomic mass is 16.1. The smallest absolute Gasteiger partial charge is 0.138 e. The Bertz CT molecular complexity index is 251. The molecule has 15 heavy (non-hydrogen) atoms. The van der Waals surface area contributed by atoms with Crippen molar-refractivity contribution < 1.29 is 4.79 Å². The lowest BCUT2D eigenvalue weighted by molar-refractivity contribution is -0.126. The molecule has 1 aliphatic carbocycles. The Kier molecular flexibility index (Phi) is 3.15. The average Bonchev–Trinajstić information content (AvgIpc) is 2.53. The molecule has 0 spiro atoms. The number of Topliss-reactive ketones (excluding diaryl/α,β-unsaturated/α-hetero) is 1. The molecule has 0 aromatic heterocycles. The fourth-order valence-electron chi connectivity index (χ4n) is 3.20. The van der Waals surface area contributed by atoms with Crippen LogP contribution in [0.2, 0.25) is 0 Å². The Morgan fingerprint density at radius 3 is 2.47 bits per heavy atom. The number of carbonyl (C=O) groups is 1. The van der Waals surface area contributed by atoms with Gasteiger partial charge in [0, 0.05) is 31.5 Å². The minimum atomic E-state index is 0.266. The Balaban J connectivity index is 1.97. The van der Waals surface area contributed by atoms with Crippen LogP contribution in [-0.2, 0) is 4.79 Å². The van der Waals surface area contributed by atoms with Crippen LogP contribution < -0.4 is 0 Å². The van der Waals surface area contributed by atoms with Crippen molar-refractivity contribution in [2.45, 2.75) is 46.1 Å². The molecule has 0 N–H and O–H groups in total. The van der Waals surface area contributed by atoms with E-state index in [9.17, 15) is 4.79 Å². The molecule has 2 heteroatoms. The van der Waals surface area contributed by atoms with Gasteiger partial charge in [0.2, 0.25) is 0 Å². The first-order valence-corrected chi connectivity index (χ1v) is 6.36. The van der Waals surface area contributed by atoms with Crippen LogP contribution in [0, 0.1) is 17.8 Å². The highest BCUT2D eigenvalue weighted by Gasteiger charge is 2.36. The maximum absolute atomic E-state index is 11.5. The number of hydrogen-bond donors (Lipinski definition) is 0. The van der Waals surface area contributed by atoms with Gasteiger partial charge < -0.3 is 0 Å². The van der Waals surface area contributed by atoms with Crippen LogP contribution >= 0.6 is 0 Å².